The molecular weight excluding hydrogens is 359 g/mol. The van der Waals surface area contributed by atoms with Gasteiger partial charge in [0.05, 0.1) is 14.1 Å². The van der Waals surface area contributed by atoms with Crippen LogP contribution in [-0.4, -0.2) is 23.6 Å². The number of aromatic nitrogens is 1. The molecule has 0 saturated carbocycles. The average molecular weight is 376 g/mol. The number of hydrogen-bond donors (Lipinski definition) is 0. The zero-order valence-electron chi connectivity index (χ0n) is 11.5. The first-order valence-electron chi connectivity index (χ1n) is 6.12. The molecule has 0 atom stereocenters. The van der Waals surface area contributed by atoms with E-state index in [4.69, 9.17) is 23.2 Å². The fourth-order valence-corrected chi connectivity index (χ4v) is 2.74. The zero-order valence-corrected chi connectivity index (χ0v) is 14.6. The maximum Gasteiger partial charge on any atom is 0.131 e. The van der Waals surface area contributed by atoms with Gasteiger partial charge < -0.3 is 21.5 Å². The van der Waals surface area contributed by atoms with Crippen molar-refractivity contribution in [1.82, 2.24) is 4.98 Å². The number of rotatable bonds is 4. The van der Waals surface area contributed by atoms with Crippen molar-refractivity contribution in [3.05, 3.63) is 63.9 Å². The van der Waals surface area contributed by atoms with Gasteiger partial charge in [0.25, 0.3) is 0 Å². The van der Waals surface area contributed by atoms with Crippen molar-refractivity contribution in [3.63, 3.8) is 0 Å². The SMILES string of the molecule is C[N+](C)(Cc1ccccc1)Cc1cc(Cl)nc(Cl)c1.[Br-]. The van der Waals surface area contributed by atoms with Crippen LogP contribution in [-0.2, 0) is 13.1 Å². The van der Waals surface area contributed by atoms with Gasteiger partial charge in [0, 0.05) is 11.1 Å². The number of quaternary nitrogens is 1. The summed E-state index contributed by atoms with van der Waals surface area (Å²) in [5, 5.41) is 0.893. The van der Waals surface area contributed by atoms with Crippen molar-refractivity contribution in [2.24, 2.45) is 0 Å². The molecule has 2 nitrogen and oxygen atoms in total. The Kier molecular flexibility index (Phi) is 6.46. The van der Waals surface area contributed by atoms with E-state index >= 15 is 0 Å². The highest BCUT2D eigenvalue weighted by molar-refractivity contribution is 6.32. The van der Waals surface area contributed by atoms with E-state index in [0.717, 1.165) is 23.1 Å². The molecule has 5 heteroatoms. The van der Waals surface area contributed by atoms with Crippen molar-refractivity contribution < 1.29 is 21.5 Å². The monoisotopic (exact) mass is 374 g/mol. The lowest BCUT2D eigenvalue weighted by atomic mass is 10.1. The maximum atomic E-state index is 5.94. The van der Waals surface area contributed by atoms with E-state index in [9.17, 15) is 0 Å². The van der Waals surface area contributed by atoms with Crippen molar-refractivity contribution in [1.29, 1.82) is 0 Å². The van der Waals surface area contributed by atoms with Gasteiger partial charge in [0.1, 0.15) is 23.4 Å². The molecule has 0 unspecified atom stereocenters. The van der Waals surface area contributed by atoms with Crippen LogP contribution in [0.1, 0.15) is 11.1 Å². The minimum Gasteiger partial charge on any atom is -1.00 e. The molecule has 0 spiro atoms. The summed E-state index contributed by atoms with van der Waals surface area (Å²) in [6.45, 7) is 1.81. The molecule has 1 aromatic heterocycles. The quantitative estimate of drug-likeness (QED) is 0.577. The summed E-state index contributed by atoms with van der Waals surface area (Å²) in [4.78, 5) is 3.97. The number of hydrogen-bond acceptors (Lipinski definition) is 1. The molecule has 0 N–H and O–H groups in total. The summed E-state index contributed by atoms with van der Waals surface area (Å²) in [5.74, 6) is 0. The van der Waals surface area contributed by atoms with Gasteiger partial charge in [-0.3, -0.25) is 0 Å². The first-order valence-corrected chi connectivity index (χ1v) is 6.88. The predicted molar refractivity (Wildman–Crippen MR) is 80.2 cm³/mol. The lowest BCUT2D eigenvalue weighted by molar-refractivity contribution is -0.916. The van der Waals surface area contributed by atoms with Gasteiger partial charge in [-0.05, 0) is 12.1 Å². The minimum absolute atomic E-state index is 0. The van der Waals surface area contributed by atoms with Crippen LogP contribution >= 0.6 is 23.2 Å². The van der Waals surface area contributed by atoms with Gasteiger partial charge in [-0.15, -0.1) is 0 Å². The van der Waals surface area contributed by atoms with Gasteiger partial charge in [0.2, 0.25) is 0 Å². The Balaban J connectivity index is 0.00000200. The van der Waals surface area contributed by atoms with Gasteiger partial charge in [-0.2, -0.15) is 0 Å². The second-order valence-electron chi connectivity index (χ2n) is 5.36. The summed E-state index contributed by atoms with van der Waals surface area (Å²) in [7, 11) is 4.38. The van der Waals surface area contributed by atoms with Crippen molar-refractivity contribution in [2.45, 2.75) is 13.1 Å². The molecule has 0 aliphatic rings. The Bertz CT molecular complexity index is 539. The van der Waals surface area contributed by atoms with Crippen LogP contribution in [0.3, 0.4) is 0 Å². The molecule has 0 fully saturated rings. The molecule has 0 aliphatic carbocycles. The zero-order chi connectivity index (χ0) is 13.9. The van der Waals surface area contributed by atoms with E-state index in [1.54, 1.807) is 0 Å². The van der Waals surface area contributed by atoms with Crippen molar-refractivity contribution in [2.75, 3.05) is 14.1 Å². The van der Waals surface area contributed by atoms with Crippen LogP contribution in [0.25, 0.3) is 0 Å². The number of halogens is 3. The minimum atomic E-state index is 0. The Morgan fingerprint density at radius 3 is 1.95 bits per heavy atom. The second-order valence-corrected chi connectivity index (χ2v) is 6.13. The van der Waals surface area contributed by atoms with E-state index < -0.39 is 0 Å². The summed E-state index contributed by atoms with van der Waals surface area (Å²) in [6, 6.07) is 14.2. The van der Waals surface area contributed by atoms with E-state index in [1.807, 2.05) is 18.2 Å². The fraction of sp³-hybridized carbons (Fsp3) is 0.267. The normalized spacial score (nSPS) is 11.0. The third-order valence-corrected chi connectivity index (χ3v) is 3.27. The number of benzene rings is 1. The molecule has 0 bridgehead atoms. The standard InChI is InChI=1S/C15H17Cl2N2.BrH/c1-19(2,10-12-6-4-3-5-7-12)11-13-8-14(16)18-15(17)9-13;/h3-9H,10-11H2,1-2H3;1H/q+1;/p-1. The van der Waals surface area contributed by atoms with Crippen molar-refractivity contribution in [3.8, 4) is 0 Å². The lowest BCUT2D eigenvalue weighted by Gasteiger charge is -2.30. The highest BCUT2D eigenvalue weighted by atomic mass is 79.9. The lowest BCUT2D eigenvalue weighted by Crippen LogP contribution is -3.00. The third-order valence-electron chi connectivity index (χ3n) is 2.89. The largest absolute Gasteiger partial charge is 1.00 e. The summed E-state index contributed by atoms with van der Waals surface area (Å²) in [6.07, 6.45) is 0. The average Bonchev–Trinajstić information content (AvgIpc) is 2.27. The van der Waals surface area contributed by atoms with Gasteiger partial charge in [0.15, 0.2) is 0 Å². The Hall–Kier alpha value is -0.610. The molecule has 0 radical (unpaired) electrons. The second kappa shape index (κ2) is 7.41. The van der Waals surface area contributed by atoms with Gasteiger partial charge in [-0.25, -0.2) is 4.98 Å². The molecule has 20 heavy (non-hydrogen) atoms. The van der Waals surface area contributed by atoms with Crippen LogP contribution in [0.4, 0.5) is 0 Å². The van der Waals surface area contributed by atoms with E-state index in [0.29, 0.717) is 10.3 Å². The van der Waals surface area contributed by atoms with Crippen LogP contribution in [0.15, 0.2) is 42.5 Å². The van der Waals surface area contributed by atoms with Gasteiger partial charge >= 0.3 is 0 Å². The molecule has 2 aromatic rings. The Labute approximate surface area is 140 Å². The number of nitrogens with zero attached hydrogens (tertiary/aromatic N) is 2. The highest BCUT2D eigenvalue weighted by Gasteiger charge is 2.17. The molecule has 2 rings (SSSR count). The predicted octanol–water partition coefficient (Wildman–Crippen LogP) is 1.17. The first kappa shape index (κ1) is 17.4. The number of pyridine rings is 1. The maximum absolute atomic E-state index is 5.94. The Morgan fingerprint density at radius 2 is 1.40 bits per heavy atom. The summed E-state index contributed by atoms with van der Waals surface area (Å²) < 4.78 is 0.834. The molecule has 0 saturated heterocycles. The smallest absolute Gasteiger partial charge is 0.131 e. The van der Waals surface area contributed by atoms with Crippen LogP contribution in [0.2, 0.25) is 10.3 Å². The summed E-state index contributed by atoms with van der Waals surface area (Å²) in [5.41, 5.74) is 2.42. The molecule has 1 aromatic carbocycles. The van der Waals surface area contributed by atoms with E-state index in [2.05, 4.69) is 43.3 Å². The molecule has 0 aliphatic heterocycles. The van der Waals surface area contributed by atoms with E-state index in [-0.39, 0.29) is 17.0 Å². The summed E-state index contributed by atoms with van der Waals surface area (Å²) >= 11 is 11.9. The first-order chi connectivity index (χ1) is 8.94. The van der Waals surface area contributed by atoms with Crippen molar-refractivity contribution >= 4 is 23.2 Å². The molecule has 1 heterocycles. The van der Waals surface area contributed by atoms with E-state index in [1.165, 1.54) is 5.56 Å². The van der Waals surface area contributed by atoms with Crippen LogP contribution < -0.4 is 17.0 Å². The third kappa shape index (κ3) is 5.41. The molecule has 108 valence electrons. The fourth-order valence-electron chi connectivity index (χ4n) is 2.23. The molecule has 0 amide bonds. The Morgan fingerprint density at radius 1 is 0.900 bits per heavy atom. The topological polar surface area (TPSA) is 12.9 Å². The van der Waals surface area contributed by atoms with Crippen LogP contribution in [0.5, 0.6) is 0 Å². The highest BCUT2D eigenvalue weighted by Crippen LogP contribution is 2.19. The van der Waals surface area contributed by atoms with Crippen LogP contribution in [0, 0.1) is 0 Å². The molecular formula is C15H17BrCl2N2. The van der Waals surface area contributed by atoms with Gasteiger partial charge in [-0.1, -0.05) is 53.5 Å².